The van der Waals surface area contributed by atoms with Gasteiger partial charge in [-0.3, -0.25) is 19.2 Å². The van der Waals surface area contributed by atoms with Crippen LogP contribution in [0, 0.1) is 11.8 Å². The van der Waals surface area contributed by atoms with Gasteiger partial charge in [0.15, 0.2) is 0 Å². The van der Waals surface area contributed by atoms with Crippen LogP contribution in [0.3, 0.4) is 0 Å². The van der Waals surface area contributed by atoms with E-state index in [1.54, 1.807) is 31.4 Å². The number of ether oxygens (including phenoxy) is 2. The molecule has 0 saturated heterocycles. The topological polar surface area (TPSA) is 86.7 Å². The van der Waals surface area contributed by atoms with Crippen molar-refractivity contribution in [1.82, 2.24) is 0 Å². The van der Waals surface area contributed by atoms with Crippen molar-refractivity contribution < 1.29 is 28.7 Å². The van der Waals surface area contributed by atoms with Gasteiger partial charge in [-0.25, -0.2) is 0 Å². The molecule has 0 aromatic carbocycles. The number of carbonyl (C=O) groups excluding carboxylic acids is 4. The molecule has 0 saturated carbocycles. The molecular weight excluding hydrogens is 332 g/mol. The van der Waals surface area contributed by atoms with Gasteiger partial charge in [0.05, 0.1) is 13.2 Å². The van der Waals surface area contributed by atoms with Crippen LogP contribution in [0.1, 0.15) is 38.5 Å². The van der Waals surface area contributed by atoms with Gasteiger partial charge in [0.1, 0.15) is 23.4 Å². The second kappa shape index (κ2) is 9.32. The summed E-state index contributed by atoms with van der Waals surface area (Å²) in [6, 6.07) is 3.43. The lowest BCUT2D eigenvalue weighted by molar-refractivity contribution is -0.157. The van der Waals surface area contributed by atoms with Gasteiger partial charge in [-0.05, 0) is 39.1 Å². The number of ketones is 2. The van der Waals surface area contributed by atoms with Gasteiger partial charge < -0.3 is 9.47 Å². The van der Waals surface area contributed by atoms with Crippen molar-refractivity contribution in [1.29, 1.82) is 0 Å². The van der Waals surface area contributed by atoms with Crippen LogP contribution in [-0.4, -0.2) is 36.7 Å². The summed E-state index contributed by atoms with van der Waals surface area (Å²) in [7, 11) is 0. The third kappa shape index (κ3) is 4.74. The Kier molecular flexibility index (Phi) is 7.78. The van der Waals surface area contributed by atoms with Crippen LogP contribution in [0.25, 0.3) is 0 Å². The Morgan fingerprint density at radius 1 is 0.958 bits per heavy atom. The van der Waals surface area contributed by atoms with E-state index in [2.05, 4.69) is 0 Å². The van der Waals surface area contributed by atoms with Gasteiger partial charge in [0, 0.05) is 10.8 Å². The van der Waals surface area contributed by atoms with E-state index >= 15 is 0 Å². The van der Waals surface area contributed by atoms with E-state index in [0.717, 1.165) is 0 Å². The molecule has 1 rings (SSSR count). The normalized spacial score (nSPS) is 14.3. The Hall–Kier alpha value is -2.02. The number of hydrogen-bond acceptors (Lipinski definition) is 7. The van der Waals surface area contributed by atoms with Crippen LogP contribution in [0.2, 0.25) is 0 Å². The van der Waals surface area contributed by atoms with Crippen LogP contribution in [0.15, 0.2) is 17.5 Å². The molecule has 2 unspecified atom stereocenters. The van der Waals surface area contributed by atoms with Gasteiger partial charge in [-0.1, -0.05) is 6.07 Å². The Morgan fingerprint density at radius 3 is 1.71 bits per heavy atom. The minimum Gasteiger partial charge on any atom is -0.465 e. The highest BCUT2D eigenvalue weighted by Crippen LogP contribution is 2.38. The second-order valence-electron chi connectivity index (χ2n) is 5.22. The molecule has 1 heterocycles. The summed E-state index contributed by atoms with van der Waals surface area (Å²) in [4.78, 5) is 49.5. The molecule has 24 heavy (non-hydrogen) atoms. The second-order valence-corrected chi connectivity index (χ2v) is 6.20. The molecule has 0 aliphatic rings. The van der Waals surface area contributed by atoms with Crippen molar-refractivity contribution in [2.45, 2.75) is 33.6 Å². The summed E-state index contributed by atoms with van der Waals surface area (Å²) in [5.74, 6) is -5.79. The number of thiophene rings is 1. The highest BCUT2D eigenvalue weighted by Gasteiger charge is 2.45. The first-order chi connectivity index (χ1) is 11.3. The number of hydrogen-bond donors (Lipinski definition) is 0. The molecule has 0 fully saturated rings. The van der Waals surface area contributed by atoms with E-state index in [-0.39, 0.29) is 13.2 Å². The van der Waals surface area contributed by atoms with E-state index in [1.165, 1.54) is 25.2 Å². The number of carbonyl (C=O) groups is 4. The largest absolute Gasteiger partial charge is 0.465 e. The molecule has 0 spiro atoms. The molecule has 0 aliphatic heterocycles. The Morgan fingerprint density at radius 2 is 1.42 bits per heavy atom. The SMILES string of the molecule is CCOC(=O)C(C(C)=O)C(c1cccs1)C(C(C)=O)C(=O)OCC. The molecule has 0 amide bonds. The van der Waals surface area contributed by atoms with Gasteiger partial charge in [-0.15, -0.1) is 11.3 Å². The van der Waals surface area contributed by atoms with Crippen LogP contribution in [0.4, 0.5) is 0 Å². The van der Waals surface area contributed by atoms with Gasteiger partial charge in [0.25, 0.3) is 0 Å². The Labute approximate surface area is 145 Å². The molecule has 6 nitrogen and oxygen atoms in total. The fraction of sp³-hybridized carbons (Fsp3) is 0.529. The Balaban J connectivity index is 3.42. The molecule has 0 aliphatic carbocycles. The maximum atomic E-state index is 12.3. The predicted molar refractivity (Wildman–Crippen MR) is 88.7 cm³/mol. The summed E-state index contributed by atoms with van der Waals surface area (Å²) in [6.45, 7) is 5.97. The quantitative estimate of drug-likeness (QED) is 0.500. The van der Waals surface area contributed by atoms with E-state index in [0.29, 0.717) is 4.88 Å². The van der Waals surface area contributed by atoms with Crippen molar-refractivity contribution >= 4 is 34.8 Å². The molecule has 7 heteroatoms. The fourth-order valence-corrected chi connectivity index (χ4v) is 3.50. The van der Waals surface area contributed by atoms with Crippen molar-refractivity contribution in [2.75, 3.05) is 13.2 Å². The molecule has 1 aromatic heterocycles. The van der Waals surface area contributed by atoms with Crippen molar-refractivity contribution in [3.63, 3.8) is 0 Å². The molecule has 1 aromatic rings. The van der Waals surface area contributed by atoms with Crippen LogP contribution >= 0.6 is 11.3 Å². The van der Waals surface area contributed by atoms with Crippen LogP contribution < -0.4 is 0 Å². The monoisotopic (exact) mass is 354 g/mol. The molecular formula is C17H22O6S. The van der Waals surface area contributed by atoms with Crippen LogP contribution in [-0.2, 0) is 28.7 Å². The zero-order valence-corrected chi connectivity index (χ0v) is 15.1. The smallest absolute Gasteiger partial charge is 0.317 e. The van der Waals surface area contributed by atoms with E-state index in [4.69, 9.17) is 9.47 Å². The zero-order chi connectivity index (χ0) is 18.3. The molecule has 0 N–H and O–H groups in total. The van der Waals surface area contributed by atoms with Crippen molar-refractivity contribution in [2.24, 2.45) is 11.8 Å². The summed E-state index contributed by atoms with van der Waals surface area (Å²) in [5, 5.41) is 1.76. The average molecular weight is 354 g/mol. The standard InChI is InChI=1S/C17H22O6S/c1-5-22-16(20)13(10(3)18)15(12-8-7-9-24-12)14(11(4)19)17(21)23-6-2/h7-9,13-15H,5-6H2,1-4H3. The van der Waals surface area contributed by atoms with Crippen molar-refractivity contribution in [3.8, 4) is 0 Å². The number of rotatable bonds is 9. The predicted octanol–water partition coefficient (Wildman–Crippen LogP) is 2.37. The lowest BCUT2D eigenvalue weighted by Gasteiger charge is -2.27. The summed E-state index contributed by atoms with van der Waals surface area (Å²) in [6.07, 6.45) is 0. The Bertz CT molecular complexity index is 556. The highest BCUT2D eigenvalue weighted by molar-refractivity contribution is 7.10. The maximum Gasteiger partial charge on any atom is 0.317 e. The van der Waals surface area contributed by atoms with Crippen LogP contribution in [0.5, 0.6) is 0 Å². The van der Waals surface area contributed by atoms with Gasteiger partial charge in [-0.2, -0.15) is 0 Å². The van der Waals surface area contributed by atoms with Gasteiger partial charge >= 0.3 is 11.9 Å². The molecule has 132 valence electrons. The summed E-state index contributed by atoms with van der Waals surface area (Å²) in [5.41, 5.74) is 0. The fourth-order valence-electron chi connectivity index (χ4n) is 2.60. The minimum absolute atomic E-state index is 0.101. The summed E-state index contributed by atoms with van der Waals surface area (Å²) < 4.78 is 9.99. The number of esters is 2. The molecule has 0 radical (unpaired) electrons. The van der Waals surface area contributed by atoms with E-state index in [9.17, 15) is 19.2 Å². The lowest BCUT2D eigenvalue weighted by atomic mass is 9.76. The maximum absolute atomic E-state index is 12.3. The summed E-state index contributed by atoms with van der Waals surface area (Å²) >= 11 is 1.27. The zero-order valence-electron chi connectivity index (χ0n) is 14.2. The minimum atomic E-state index is -1.23. The first kappa shape index (κ1) is 20.0. The lowest BCUT2D eigenvalue weighted by Crippen LogP contribution is -2.40. The highest BCUT2D eigenvalue weighted by atomic mass is 32.1. The van der Waals surface area contributed by atoms with E-state index < -0.39 is 41.3 Å². The average Bonchev–Trinajstić information content (AvgIpc) is 3.00. The third-order valence-corrected chi connectivity index (χ3v) is 4.52. The van der Waals surface area contributed by atoms with Gasteiger partial charge in [0.2, 0.25) is 0 Å². The van der Waals surface area contributed by atoms with E-state index in [1.807, 2.05) is 0 Å². The molecule has 0 bridgehead atoms. The number of Topliss-reactive ketones (excluding diaryl/α,β-unsaturated/α-hetero) is 2. The third-order valence-electron chi connectivity index (χ3n) is 3.55. The molecule has 2 atom stereocenters. The first-order valence-corrected chi connectivity index (χ1v) is 8.60. The van der Waals surface area contributed by atoms with Crippen molar-refractivity contribution in [3.05, 3.63) is 22.4 Å². The first-order valence-electron chi connectivity index (χ1n) is 7.72.